The molecule has 90 valence electrons. The fourth-order valence-electron chi connectivity index (χ4n) is 1.63. The third-order valence-corrected chi connectivity index (χ3v) is 4.63. The number of aliphatic hydroxyl groups is 2. The van der Waals surface area contributed by atoms with E-state index in [9.17, 15) is 13.5 Å². The molecule has 0 aromatic rings. The molecule has 0 heterocycles. The molecule has 0 aromatic heterocycles. The van der Waals surface area contributed by atoms with Gasteiger partial charge in [-0.3, -0.25) is 0 Å². The molecular formula is C9H19NO4S. The Bertz CT molecular complexity index is 293. The number of hydrogen-bond acceptors (Lipinski definition) is 4. The van der Waals surface area contributed by atoms with Gasteiger partial charge in [-0.1, -0.05) is 12.8 Å². The van der Waals surface area contributed by atoms with Crippen molar-refractivity contribution in [2.45, 2.75) is 43.5 Å². The Morgan fingerprint density at radius 1 is 1.40 bits per heavy atom. The summed E-state index contributed by atoms with van der Waals surface area (Å²) >= 11 is 0. The lowest BCUT2D eigenvalue weighted by Gasteiger charge is -2.22. The maximum atomic E-state index is 11.7. The number of nitrogens with one attached hydrogen (secondary N) is 1. The van der Waals surface area contributed by atoms with Gasteiger partial charge in [-0.25, -0.2) is 13.1 Å². The largest absolute Gasteiger partial charge is 0.393 e. The molecule has 6 heteroatoms. The average molecular weight is 237 g/mol. The molecule has 0 bridgehead atoms. The molecule has 5 nitrogen and oxygen atoms in total. The molecular weight excluding hydrogens is 218 g/mol. The lowest BCUT2D eigenvalue weighted by Crippen LogP contribution is -2.45. The molecule has 0 aliphatic heterocycles. The lowest BCUT2D eigenvalue weighted by molar-refractivity contribution is 0.00677. The first-order valence-corrected chi connectivity index (χ1v) is 6.74. The van der Waals surface area contributed by atoms with Gasteiger partial charge in [0.2, 0.25) is 10.0 Å². The minimum absolute atomic E-state index is 0.137. The molecule has 3 N–H and O–H groups in total. The second-order valence-electron chi connectivity index (χ2n) is 4.43. The summed E-state index contributed by atoms with van der Waals surface area (Å²) in [4.78, 5) is 0. The zero-order valence-electron chi connectivity index (χ0n) is 8.94. The highest BCUT2D eigenvalue weighted by Gasteiger charge is 2.30. The van der Waals surface area contributed by atoms with Crippen molar-refractivity contribution in [2.24, 2.45) is 0 Å². The van der Waals surface area contributed by atoms with Crippen molar-refractivity contribution in [3.63, 3.8) is 0 Å². The molecule has 0 spiro atoms. The first-order valence-electron chi connectivity index (χ1n) is 5.19. The van der Waals surface area contributed by atoms with Crippen molar-refractivity contribution in [3.8, 4) is 0 Å². The zero-order chi connectivity index (χ0) is 11.5. The number of aliphatic hydroxyl groups excluding tert-OH is 1. The third kappa shape index (κ3) is 3.71. The summed E-state index contributed by atoms with van der Waals surface area (Å²) in [5, 5.41) is 17.9. The van der Waals surface area contributed by atoms with Crippen molar-refractivity contribution in [2.75, 3.05) is 13.2 Å². The fraction of sp³-hybridized carbons (Fsp3) is 1.00. The highest BCUT2D eigenvalue weighted by atomic mass is 32.2. The molecule has 0 saturated heterocycles. The highest BCUT2D eigenvalue weighted by Crippen LogP contribution is 2.23. The van der Waals surface area contributed by atoms with E-state index in [4.69, 9.17) is 5.11 Å². The Morgan fingerprint density at radius 2 is 1.93 bits per heavy atom. The first-order chi connectivity index (χ1) is 6.87. The Kier molecular flexibility index (Phi) is 4.11. The van der Waals surface area contributed by atoms with E-state index < -0.39 is 22.2 Å². The van der Waals surface area contributed by atoms with Crippen molar-refractivity contribution < 1.29 is 18.6 Å². The predicted octanol–water partition coefficient (Wildman–Crippen LogP) is -0.408. The molecule has 1 fully saturated rings. The molecule has 1 unspecified atom stereocenters. The van der Waals surface area contributed by atoms with Gasteiger partial charge in [0, 0.05) is 6.54 Å². The van der Waals surface area contributed by atoms with Crippen LogP contribution >= 0.6 is 0 Å². The maximum Gasteiger partial charge on any atom is 0.214 e. The lowest BCUT2D eigenvalue weighted by atomic mass is 10.1. The number of sulfonamides is 1. The van der Waals surface area contributed by atoms with Gasteiger partial charge >= 0.3 is 0 Å². The van der Waals surface area contributed by atoms with E-state index in [0.29, 0.717) is 12.8 Å². The summed E-state index contributed by atoms with van der Waals surface area (Å²) < 4.78 is 25.7. The predicted molar refractivity (Wildman–Crippen MR) is 56.9 cm³/mol. The Morgan fingerprint density at radius 3 is 2.40 bits per heavy atom. The summed E-state index contributed by atoms with van der Waals surface area (Å²) in [6, 6.07) is 0. The molecule has 1 aliphatic carbocycles. The van der Waals surface area contributed by atoms with E-state index in [2.05, 4.69) is 4.72 Å². The van der Waals surface area contributed by atoms with Crippen LogP contribution in [0.1, 0.15) is 32.6 Å². The molecule has 0 radical (unpaired) electrons. The summed E-state index contributed by atoms with van der Waals surface area (Å²) in [5.74, 6) is 0. The fourth-order valence-corrected chi connectivity index (χ4v) is 3.33. The van der Waals surface area contributed by atoms with E-state index in [0.717, 1.165) is 12.8 Å². The second-order valence-corrected chi connectivity index (χ2v) is 6.47. The average Bonchev–Trinajstić information content (AvgIpc) is 2.69. The zero-order valence-corrected chi connectivity index (χ0v) is 9.76. The van der Waals surface area contributed by atoms with Crippen LogP contribution < -0.4 is 4.72 Å². The van der Waals surface area contributed by atoms with Gasteiger partial charge in [-0.2, -0.15) is 0 Å². The van der Waals surface area contributed by atoms with Crippen LogP contribution in [0.25, 0.3) is 0 Å². The van der Waals surface area contributed by atoms with Crippen LogP contribution in [0, 0.1) is 0 Å². The smallest absolute Gasteiger partial charge is 0.214 e. The second kappa shape index (κ2) is 4.78. The summed E-state index contributed by atoms with van der Waals surface area (Å²) in [7, 11) is -3.32. The third-order valence-electron chi connectivity index (χ3n) is 2.74. The molecule has 1 saturated carbocycles. The Balaban J connectivity index is 2.50. The first kappa shape index (κ1) is 12.9. The van der Waals surface area contributed by atoms with E-state index in [1.165, 1.54) is 6.92 Å². The van der Waals surface area contributed by atoms with Gasteiger partial charge in [0.05, 0.1) is 17.5 Å². The molecule has 1 atom stereocenters. The van der Waals surface area contributed by atoms with E-state index >= 15 is 0 Å². The van der Waals surface area contributed by atoms with Crippen LogP contribution in [0.2, 0.25) is 0 Å². The number of rotatable bonds is 5. The standard InChI is InChI=1S/C9H19NO4S/c1-9(12,7-11)6-10-15(13,14)8-4-2-3-5-8/h8,10-12H,2-7H2,1H3. The van der Waals surface area contributed by atoms with Crippen LogP contribution in [-0.4, -0.2) is 42.6 Å². The SMILES string of the molecule is CC(O)(CO)CNS(=O)(=O)C1CCCC1. The quantitative estimate of drug-likeness (QED) is 0.607. The summed E-state index contributed by atoms with van der Waals surface area (Å²) in [5.41, 5.74) is -1.38. The van der Waals surface area contributed by atoms with Crippen LogP contribution in [0.15, 0.2) is 0 Å². The highest BCUT2D eigenvalue weighted by molar-refractivity contribution is 7.90. The van der Waals surface area contributed by atoms with Crippen molar-refractivity contribution in [1.29, 1.82) is 0 Å². The number of hydrogen-bond donors (Lipinski definition) is 3. The van der Waals surface area contributed by atoms with Crippen molar-refractivity contribution in [3.05, 3.63) is 0 Å². The van der Waals surface area contributed by atoms with Gasteiger partial charge in [-0.05, 0) is 19.8 Å². The maximum absolute atomic E-state index is 11.7. The van der Waals surface area contributed by atoms with Gasteiger partial charge in [0.1, 0.15) is 0 Å². The van der Waals surface area contributed by atoms with Gasteiger partial charge in [-0.15, -0.1) is 0 Å². The molecule has 0 amide bonds. The van der Waals surface area contributed by atoms with Crippen molar-refractivity contribution >= 4 is 10.0 Å². The molecule has 1 aliphatic rings. The van der Waals surface area contributed by atoms with Crippen LogP contribution in [0.3, 0.4) is 0 Å². The van der Waals surface area contributed by atoms with E-state index in [1.807, 2.05) is 0 Å². The molecule has 15 heavy (non-hydrogen) atoms. The molecule has 0 aromatic carbocycles. The van der Waals surface area contributed by atoms with Gasteiger partial charge in [0.25, 0.3) is 0 Å². The van der Waals surface area contributed by atoms with Crippen LogP contribution in [-0.2, 0) is 10.0 Å². The van der Waals surface area contributed by atoms with E-state index in [1.54, 1.807) is 0 Å². The minimum Gasteiger partial charge on any atom is -0.393 e. The Labute approximate surface area is 90.6 Å². The van der Waals surface area contributed by atoms with Crippen molar-refractivity contribution in [1.82, 2.24) is 4.72 Å². The Hall–Kier alpha value is -0.170. The summed E-state index contributed by atoms with van der Waals surface area (Å²) in [6.45, 7) is 0.798. The minimum atomic E-state index is -3.32. The van der Waals surface area contributed by atoms with Crippen LogP contribution in [0.5, 0.6) is 0 Å². The summed E-state index contributed by atoms with van der Waals surface area (Å²) in [6.07, 6.45) is 3.27. The van der Waals surface area contributed by atoms with Crippen LogP contribution in [0.4, 0.5) is 0 Å². The topological polar surface area (TPSA) is 86.6 Å². The monoisotopic (exact) mass is 237 g/mol. The van der Waals surface area contributed by atoms with E-state index in [-0.39, 0.29) is 11.8 Å². The normalized spacial score (nSPS) is 22.9. The van der Waals surface area contributed by atoms with Gasteiger partial charge < -0.3 is 10.2 Å². The molecule has 1 rings (SSSR count). The van der Waals surface area contributed by atoms with Gasteiger partial charge in [0.15, 0.2) is 0 Å².